The van der Waals surface area contributed by atoms with Gasteiger partial charge in [0.1, 0.15) is 22.6 Å². The molecule has 0 atom stereocenters. The van der Waals surface area contributed by atoms with Crippen LogP contribution in [0.5, 0.6) is 0 Å². The van der Waals surface area contributed by atoms with Gasteiger partial charge in [-0.15, -0.1) is 0 Å². The minimum absolute atomic E-state index is 0.200. The standard InChI is InChI=1S/C10H5BrF3N3/c11-9-3-10(16-4-15-9)17-8-2-6(13)5(12)1-7(8)14/h1-4H,(H,15,16,17). The lowest BCUT2D eigenvalue weighted by Crippen LogP contribution is -1.99. The van der Waals surface area contributed by atoms with Crippen LogP contribution in [0.4, 0.5) is 24.7 Å². The summed E-state index contributed by atoms with van der Waals surface area (Å²) in [6, 6.07) is 2.66. The minimum Gasteiger partial charge on any atom is -0.338 e. The monoisotopic (exact) mass is 303 g/mol. The SMILES string of the molecule is Fc1cc(F)c(Nc2cc(Br)ncn2)cc1F. The van der Waals surface area contributed by atoms with Crippen LogP contribution in [0.3, 0.4) is 0 Å². The third-order valence-electron chi connectivity index (χ3n) is 1.91. The first-order chi connectivity index (χ1) is 8.06. The summed E-state index contributed by atoms with van der Waals surface area (Å²) in [5.74, 6) is -3.02. The van der Waals surface area contributed by atoms with Crippen molar-refractivity contribution >= 4 is 27.4 Å². The molecule has 0 aliphatic carbocycles. The maximum atomic E-state index is 13.3. The predicted molar refractivity (Wildman–Crippen MR) is 59.3 cm³/mol. The normalized spacial score (nSPS) is 10.4. The van der Waals surface area contributed by atoms with Crippen molar-refractivity contribution in [3.8, 4) is 0 Å². The van der Waals surface area contributed by atoms with Crippen LogP contribution in [-0.4, -0.2) is 9.97 Å². The summed E-state index contributed by atoms with van der Waals surface area (Å²) in [7, 11) is 0. The number of benzene rings is 1. The van der Waals surface area contributed by atoms with Gasteiger partial charge >= 0.3 is 0 Å². The first-order valence-electron chi connectivity index (χ1n) is 4.45. The van der Waals surface area contributed by atoms with Crippen LogP contribution < -0.4 is 5.32 Å². The lowest BCUT2D eigenvalue weighted by atomic mass is 10.3. The van der Waals surface area contributed by atoms with Crippen molar-refractivity contribution in [2.45, 2.75) is 0 Å². The number of hydrogen-bond donors (Lipinski definition) is 1. The van der Waals surface area contributed by atoms with E-state index in [1.54, 1.807) is 0 Å². The van der Waals surface area contributed by atoms with Crippen molar-refractivity contribution in [3.63, 3.8) is 0 Å². The van der Waals surface area contributed by atoms with Crippen LogP contribution >= 0.6 is 15.9 Å². The van der Waals surface area contributed by atoms with E-state index >= 15 is 0 Å². The van der Waals surface area contributed by atoms with Gasteiger partial charge in [-0.3, -0.25) is 0 Å². The van der Waals surface area contributed by atoms with E-state index in [0.717, 1.165) is 6.07 Å². The molecule has 1 N–H and O–H groups in total. The van der Waals surface area contributed by atoms with Crippen LogP contribution in [0.25, 0.3) is 0 Å². The summed E-state index contributed by atoms with van der Waals surface area (Å²) in [5.41, 5.74) is -0.200. The van der Waals surface area contributed by atoms with E-state index in [9.17, 15) is 13.2 Å². The fourth-order valence-corrected chi connectivity index (χ4v) is 1.47. The lowest BCUT2D eigenvalue weighted by molar-refractivity contribution is 0.496. The second-order valence-electron chi connectivity index (χ2n) is 3.10. The third-order valence-corrected chi connectivity index (χ3v) is 2.34. The molecule has 3 nitrogen and oxygen atoms in total. The third kappa shape index (κ3) is 2.73. The molecular weight excluding hydrogens is 299 g/mol. The van der Waals surface area contributed by atoms with E-state index in [4.69, 9.17) is 0 Å². The van der Waals surface area contributed by atoms with E-state index in [1.807, 2.05) is 0 Å². The second kappa shape index (κ2) is 4.70. The Labute approximate surface area is 103 Å². The van der Waals surface area contributed by atoms with Gasteiger partial charge in [0.2, 0.25) is 0 Å². The minimum atomic E-state index is -1.24. The summed E-state index contributed by atoms with van der Waals surface area (Å²) in [6.07, 6.45) is 1.24. The summed E-state index contributed by atoms with van der Waals surface area (Å²) in [5, 5.41) is 2.52. The van der Waals surface area contributed by atoms with Crippen molar-refractivity contribution in [1.82, 2.24) is 9.97 Å². The zero-order valence-electron chi connectivity index (χ0n) is 8.22. The average Bonchev–Trinajstić information content (AvgIpc) is 2.26. The number of nitrogens with zero attached hydrogens (tertiary/aromatic N) is 2. The molecule has 0 amide bonds. The number of nitrogens with one attached hydrogen (secondary N) is 1. The fourth-order valence-electron chi connectivity index (χ4n) is 1.16. The molecule has 0 aliphatic rings. The summed E-state index contributed by atoms with van der Waals surface area (Å²) < 4.78 is 39.4. The molecule has 0 radical (unpaired) electrons. The molecule has 2 aromatic rings. The van der Waals surface area contributed by atoms with Gasteiger partial charge in [-0.2, -0.15) is 0 Å². The van der Waals surface area contributed by atoms with Crippen LogP contribution in [0.2, 0.25) is 0 Å². The molecule has 0 aliphatic heterocycles. The van der Waals surface area contributed by atoms with E-state index in [1.165, 1.54) is 12.4 Å². The number of hydrogen-bond acceptors (Lipinski definition) is 3. The summed E-state index contributed by atoms with van der Waals surface area (Å²) in [4.78, 5) is 7.57. The predicted octanol–water partition coefficient (Wildman–Crippen LogP) is 3.40. The van der Waals surface area contributed by atoms with Crippen molar-refractivity contribution in [2.75, 3.05) is 5.32 Å². The Kier molecular flexibility index (Phi) is 3.28. The Morgan fingerprint density at radius 2 is 1.65 bits per heavy atom. The molecule has 7 heteroatoms. The van der Waals surface area contributed by atoms with Crippen molar-refractivity contribution in [1.29, 1.82) is 0 Å². The van der Waals surface area contributed by atoms with E-state index < -0.39 is 17.5 Å². The largest absolute Gasteiger partial charge is 0.338 e. The zero-order valence-corrected chi connectivity index (χ0v) is 9.80. The molecule has 2 rings (SSSR count). The Balaban J connectivity index is 2.33. The van der Waals surface area contributed by atoms with Gasteiger partial charge in [-0.05, 0) is 15.9 Å². The molecule has 1 heterocycles. The first-order valence-corrected chi connectivity index (χ1v) is 5.24. The van der Waals surface area contributed by atoms with Gasteiger partial charge in [0.15, 0.2) is 11.6 Å². The molecule has 17 heavy (non-hydrogen) atoms. The molecule has 0 bridgehead atoms. The fraction of sp³-hybridized carbons (Fsp3) is 0. The zero-order chi connectivity index (χ0) is 12.4. The second-order valence-corrected chi connectivity index (χ2v) is 3.91. The van der Waals surface area contributed by atoms with E-state index in [-0.39, 0.29) is 11.5 Å². The van der Waals surface area contributed by atoms with Crippen LogP contribution in [0.15, 0.2) is 29.1 Å². The molecule has 0 saturated carbocycles. The highest BCUT2D eigenvalue weighted by molar-refractivity contribution is 9.10. The first kappa shape index (κ1) is 11.8. The molecule has 88 valence electrons. The highest BCUT2D eigenvalue weighted by Crippen LogP contribution is 2.22. The average molecular weight is 304 g/mol. The number of rotatable bonds is 2. The lowest BCUT2D eigenvalue weighted by Gasteiger charge is -2.07. The van der Waals surface area contributed by atoms with Crippen molar-refractivity contribution in [3.05, 3.63) is 46.6 Å². The van der Waals surface area contributed by atoms with Gasteiger partial charge in [0.05, 0.1) is 5.69 Å². The highest BCUT2D eigenvalue weighted by Gasteiger charge is 2.10. The number of halogens is 4. The maximum Gasteiger partial charge on any atom is 0.161 e. The van der Waals surface area contributed by atoms with Crippen molar-refractivity contribution in [2.24, 2.45) is 0 Å². The van der Waals surface area contributed by atoms with Gasteiger partial charge in [0.25, 0.3) is 0 Å². The molecule has 1 aromatic carbocycles. The number of aromatic nitrogens is 2. The Hall–Kier alpha value is -1.63. The van der Waals surface area contributed by atoms with Gasteiger partial charge in [-0.25, -0.2) is 23.1 Å². The smallest absolute Gasteiger partial charge is 0.161 e. The Morgan fingerprint density at radius 3 is 2.35 bits per heavy atom. The number of anilines is 2. The van der Waals surface area contributed by atoms with E-state index in [2.05, 4.69) is 31.2 Å². The molecular formula is C10H5BrF3N3. The topological polar surface area (TPSA) is 37.8 Å². The highest BCUT2D eigenvalue weighted by atomic mass is 79.9. The molecule has 0 fully saturated rings. The molecule has 0 spiro atoms. The summed E-state index contributed by atoms with van der Waals surface area (Å²) in [6.45, 7) is 0. The quantitative estimate of drug-likeness (QED) is 0.682. The maximum absolute atomic E-state index is 13.3. The molecule has 1 aromatic heterocycles. The van der Waals surface area contributed by atoms with Crippen LogP contribution in [0, 0.1) is 17.5 Å². The van der Waals surface area contributed by atoms with Gasteiger partial charge < -0.3 is 5.32 Å². The van der Waals surface area contributed by atoms with Crippen LogP contribution in [-0.2, 0) is 0 Å². The van der Waals surface area contributed by atoms with E-state index in [0.29, 0.717) is 10.7 Å². The Bertz CT molecular complexity index is 562. The van der Waals surface area contributed by atoms with Gasteiger partial charge in [-0.1, -0.05) is 0 Å². The van der Waals surface area contributed by atoms with Crippen LogP contribution in [0.1, 0.15) is 0 Å². The Morgan fingerprint density at radius 1 is 0.941 bits per heavy atom. The summed E-state index contributed by atoms with van der Waals surface area (Å²) >= 11 is 3.10. The molecule has 0 saturated heterocycles. The van der Waals surface area contributed by atoms with Crippen molar-refractivity contribution < 1.29 is 13.2 Å². The van der Waals surface area contributed by atoms with Gasteiger partial charge in [0, 0.05) is 18.2 Å². The molecule has 0 unspecified atom stereocenters.